The topological polar surface area (TPSA) is 89.9 Å². The van der Waals surface area contributed by atoms with Gasteiger partial charge in [-0.2, -0.15) is 0 Å². The summed E-state index contributed by atoms with van der Waals surface area (Å²) >= 11 is 0. The molecule has 6 nitrogen and oxygen atoms in total. The Balaban J connectivity index is 1.60. The molecule has 0 saturated heterocycles. The van der Waals surface area contributed by atoms with Crippen LogP contribution in [0.4, 0.5) is 0 Å². The number of amides is 2. The van der Waals surface area contributed by atoms with Gasteiger partial charge in [-0.25, -0.2) is 0 Å². The van der Waals surface area contributed by atoms with Crippen LogP contribution in [-0.2, 0) is 16.0 Å². The Morgan fingerprint density at radius 1 is 0.972 bits per heavy atom. The lowest BCUT2D eigenvalue weighted by atomic mass is 9.81. The van der Waals surface area contributed by atoms with Crippen LogP contribution in [0.5, 0.6) is 0 Å². The first kappa shape index (κ1) is 28.6. The number of aliphatic hydroxyl groups excluding tert-OH is 2. The van der Waals surface area contributed by atoms with Crippen molar-refractivity contribution in [2.75, 3.05) is 13.1 Å². The molecule has 3 rings (SSSR count). The second-order valence-corrected chi connectivity index (χ2v) is 11.6. The molecule has 0 heterocycles. The number of hydrogen-bond donors (Lipinski definition) is 3. The number of carbonyl (C=O) groups excluding carboxylic acids is 2. The van der Waals surface area contributed by atoms with Gasteiger partial charge in [0, 0.05) is 25.9 Å². The normalized spacial score (nSPS) is 19.0. The predicted octanol–water partition coefficient (Wildman–Crippen LogP) is 4.47. The summed E-state index contributed by atoms with van der Waals surface area (Å²) in [6.07, 6.45) is 8.58. The van der Waals surface area contributed by atoms with Gasteiger partial charge in [0.1, 0.15) is 6.10 Å². The molecule has 2 aliphatic carbocycles. The number of carbonyl (C=O) groups is 2. The summed E-state index contributed by atoms with van der Waals surface area (Å²) in [7, 11) is 0. The first-order valence-corrected chi connectivity index (χ1v) is 14.3. The highest BCUT2D eigenvalue weighted by atomic mass is 16.3. The van der Waals surface area contributed by atoms with Gasteiger partial charge in [0.2, 0.25) is 11.8 Å². The van der Waals surface area contributed by atoms with E-state index in [0.717, 1.165) is 38.5 Å². The summed E-state index contributed by atoms with van der Waals surface area (Å²) in [5.74, 6) is 1.01. The number of nitrogens with zero attached hydrogens (tertiary/aromatic N) is 1. The molecule has 0 radical (unpaired) electrons. The van der Waals surface area contributed by atoms with Crippen LogP contribution in [0.15, 0.2) is 30.3 Å². The van der Waals surface area contributed by atoms with Gasteiger partial charge in [0.05, 0.1) is 12.1 Å². The minimum absolute atomic E-state index is 0.0725. The quantitative estimate of drug-likeness (QED) is 0.331. The van der Waals surface area contributed by atoms with Gasteiger partial charge < -0.3 is 20.4 Å². The van der Waals surface area contributed by atoms with Gasteiger partial charge in [-0.15, -0.1) is 0 Å². The third-order valence-electron chi connectivity index (χ3n) is 7.82. The molecule has 0 aromatic heterocycles. The van der Waals surface area contributed by atoms with Gasteiger partial charge in [-0.3, -0.25) is 9.59 Å². The first-order valence-electron chi connectivity index (χ1n) is 14.3. The third kappa shape index (κ3) is 9.85. The average Bonchev–Trinajstić information content (AvgIpc) is 3.69. The lowest BCUT2D eigenvalue weighted by molar-refractivity contribution is -0.141. The summed E-state index contributed by atoms with van der Waals surface area (Å²) < 4.78 is 0. The molecule has 1 aromatic rings. The lowest BCUT2D eigenvalue weighted by Crippen LogP contribution is -2.53. The highest BCUT2D eigenvalue weighted by Crippen LogP contribution is 2.35. The second-order valence-electron chi connectivity index (χ2n) is 11.6. The fourth-order valence-electron chi connectivity index (χ4n) is 5.54. The second kappa shape index (κ2) is 14.7. The van der Waals surface area contributed by atoms with Gasteiger partial charge in [-0.05, 0) is 55.4 Å². The molecule has 3 atom stereocenters. The van der Waals surface area contributed by atoms with Crippen molar-refractivity contribution in [1.82, 2.24) is 10.2 Å². The molecule has 202 valence electrons. The van der Waals surface area contributed by atoms with Crippen molar-refractivity contribution in [3.63, 3.8) is 0 Å². The zero-order valence-electron chi connectivity index (χ0n) is 22.4. The molecule has 1 aromatic carbocycles. The van der Waals surface area contributed by atoms with E-state index in [0.29, 0.717) is 31.3 Å². The molecule has 0 spiro atoms. The fraction of sp³-hybridized carbons (Fsp3) is 0.733. The minimum atomic E-state index is -0.961. The molecular formula is C30H48N2O4. The van der Waals surface area contributed by atoms with E-state index >= 15 is 0 Å². The summed E-state index contributed by atoms with van der Waals surface area (Å²) in [4.78, 5) is 27.8. The Bertz CT molecular complexity index is 789. The average molecular weight is 501 g/mol. The van der Waals surface area contributed by atoms with E-state index in [2.05, 4.69) is 5.32 Å². The predicted molar refractivity (Wildman–Crippen MR) is 143 cm³/mol. The Morgan fingerprint density at radius 2 is 1.67 bits per heavy atom. The van der Waals surface area contributed by atoms with E-state index in [1.807, 2.05) is 49.1 Å². The van der Waals surface area contributed by atoms with Gasteiger partial charge in [0.25, 0.3) is 0 Å². The molecular weight excluding hydrogens is 452 g/mol. The number of hydrogen-bond acceptors (Lipinski definition) is 4. The molecule has 0 aliphatic heterocycles. The molecule has 36 heavy (non-hydrogen) atoms. The SMILES string of the molecule is CC(C)C[C@H](O)[C@H](O)[C@H](CC1CCCCC1)N(CC1CC1)C(=O)CCC(=O)NCCc1ccccc1. The number of nitrogens with one attached hydrogen (secondary N) is 1. The summed E-state index contributed by atoms with van der Waals surface area (Å²) in [5, 5.41) is 25.1. The molecule has 6 heteroatoms. The van der Waals surface area contributed by atoms with E-state index in [1.54, 1.807) is 0 Å². The molecule has 0 bridgehead atoms. The Morgan fingerprint density at radius 3 is 2.31 bits per heavy atom. The molecule has 3 N–H and O–H groups in total. The number of aliphatic hydroxyl groups is 2. The van der Waals surface area contributed by atoms with Crippen LogP contribution < -0.4 is 5.32 Å². The summed E-state index contributed by atoms with van der Waals surface area (Å²) in [6.45, 7) is 5.25. The Hall–Kier alpha value is -1.92. The van der Waals surface area contributed by atoms with Gasteiger partial charge in [0.15, 0.2) is 0 Å². The highest BCUT2D eigenvalue weighted by molar-refractivity contribution is 5.84. The van der Waals surface area contributed by atoms with E-state index in [9.17, 15) is 19.8 Å². The molecule has 2 fully saturated rings. The standard InChI is InChI=1S/C30H48N2O4/c1-22(2)19-27(33)30(36)26(20-24-11-7-4-8-12-24)32(21-25-13-14-25)29(35)16-15-28(34)31-18-17-23-9-5-3-6-10-23/h3,5-6,9-10,22,24-27,30,33,36H,4,7-8,11-21H2,1-2H3,(H,31,34)/t26-,27-,30+/m0/s1. The largest absolute Gasteiger partial charge is 0.390 e. The Kier molecular flexibility index (Phi) is 11.7. The smallest absolute Gasteiger partial charge is 0.223 e. The molecule has 2 aliphatic rings. The number of rotatable bonds is 15. The van der Waals surface area contributed by atoms with Crippen molar-refractivity contribution >= 4 is 11.8 Å². The monoisotopic (exact) mass is 500 g/mol. The minimum Gasteiger partial charge on any atom is -0.390 e. The zero-order chi connectivity index (χ0) is 25.9. The van der Waals surface area contributed by atoms with E-state index in [-0.39, 0.29) is 30.6 Å². The number of benzene rings is 1. The van der Waals surface area contributed by atoms with Crippen molar-refractivity contribution < 1.29 is 19.8 Å². The van der Waals surface area contributed by atoms with Crippen LogP contribution in [0, 0.1) is 17.8 Å². The van der Waals surface area contributed by atoms with Crippen LogP contribution in [-0.4, -0.2) is 58.3 Å². The molecule has 2 amide bonds. The zero-order valence-corrected chi connectivity index (χ0v) is 22.4. The maximum Gasteiger partial charge on any atom is 0.223 e. The van der Waals surface area contributed by atoms with E-state index in [1.165, 1.54) is 24.8 Å². The third-order valence-corrected chi connectivity index (χ3v) is 7.82. The molecule has 0 unspecified atom stereocenters. The Labute approximate surface area is 217 Å². The molecule has 2 saturated carbocycles. The van der Waals surface area contributed by atoms with Gasteiger partial charge in [-0.1, -0.05) is 76.3 Å². The maximum absolute atomic E-state index is 13.5. The maximum atomic E-state index is 13.5. The van der Waals surface area contributed by atoms with Crippen LogP contribution in [0.25, 0.3) is 0 Å². The fourth-order valence-corrected chi connectivity index (χ4v) is 5.54. The summed E-state index contributed by atoms with van der Waals surface area (Å²) in [6, 6.07) is 9.63. The van der Waals surface area contributed by atoms with Crippen molar-refractivity contribution in [3.05, 3.63) is 35.9 Å². The lowest BCUT2D eigenvalue weighted by Gasteiger charge is -2.40. The van der Waals surface area contributed by atoms with E-state index in [4.69, 9.17) is 0 Å². The van der Waals surface area contributed by atoms with Crippen LogP contribution >= 0.6 is 0 Å². The van der Waals surface area contributed by atoms with Crippen LogP contribution in [0.3, 0.4) is 0 Å². The van der Waals surface area contributed by atoms with Crippen molar-refractivity contribution in [2.45, 2.75) is 109 Å². The van der Waals surface area contributed by atoms with Crippen LogP contribution in [0.2, 0.25) is 0 Å². The highest BCUT2D eigenvalue weighted by Gasteiger charge is 2.38. The van der Waals surface area contributed by atoms with Gasteiger partial charge >= 0.3 is 0 Å². The van der Waals surface area contributed by atoms with E-state index < -0.39 is 18.2 Å². The first-order chi connectivity index (χ1) is 17.3. The van der Waals surface area contributed by atoms with Crippen LogP contribution in [0.1, 0.15) is 90.0 Å². The van der Waals surface area contributed by atoms with Crippen molar-refractivity contribution in [3.8, 4) is 0 Å². The van der Waals surface area contributed by atoms with Crippen molar-refractivity contribution in [2.24, 2.45) is 17.8 Å². The van der Waals surface area contributed by atoms with Crippen molar-refractivity contribution in [1.29, 1.82) is 0 Å². The summed E-state index contributed by atoms with van der Waals surface area (Å²) in [5.41, 5.74) is 1.17.